The van der Waals surface area contributed by atoms with Gasteiger partial charge in [0.2, 0.25) is 0 Å². The number of aromatic amines is 2. The van der Waals surface area contributed by atoms with Gasteiger partial charge in [0.25, 0.3) is 6.57 Å². The van der Waals surface area contributed by atoms with Gasteiger partial charge in [-0.1, -0.05) is 26.0 Å². The van der Waals surface area contributed by atoms with E-state index in [-0.39, 0.29) is 0 Å². The summed E-state index contributed by atoms with van der Waals surface area (Å²) in [5.74, 6) is 2.03. The van der Waals surface area contributed by atoms with Crippen LogP contribution in [0.25, 0.3) is 27.0 Å². The van der Waals surface area contributed by atoms with Gasteiger partial charge in [-0.05, 0) is 47.0 Å². The molecule has 6 heteroatoms. The summed E-state index contributed by atoms with van der Waals surface area (Å²) in [6, 6.07) is 14.1. The van der Waals surface area contributed by atoms with Crippen LogP contribution in [-0.2, 0) is 0 Å². The van der Waals surface area contributed by atoms with Crippen LogP contribution in [0.2, 0.25) is 0 Å². The maximum atomic E-state index is 5.64. The number of hydrogen-bond donors (Lipinski definition) is 3. The molecule has 0 unspecified atom stereocenters. The molecular formula is C21H21N6+. The molecule has 2 aromatic heterocycles. The fraction of sp³-hybridized carbons (Fsp3) is 0.190. The number of aryl methyl sites for hydroxylation is 1. The van der Waals surface area contributed by atoms with Gasteiger partial charge in [-0.15, -0.1) is 0 Å². The van der Waals surface area contributed by atoms with Crippen LogP contribution in [0.3, 0.4) is 0 Å². The van der Waals surface area contributed by atoms with Crippen LogP contribution < -0.4 is 5.32 Å². The Morgan fingerprint density at radius 2 is 1.85 bits per heavy atom. The van der Waals surface area contributed by atoms with E-state index in [1.165, 1.54) is 0 Å². The van der Waals surface area contributed by atoms with Crippen molar-refractivity contribution in [3.63, 3.8) is 0 Å². The third-order valence-electron chi connectivity index (χ3n) is 4.55. The van der Waals surface area contributed by atoms with Crippen molar-refractivity contribution < 1.29 is 0 Å². The lowest BCUT2D eigenvalue weighted by Gasteiger charge is -2.04. The van der Waals surface area contributed by atoms with Crippen molar-refractivity contribution >= 4 is 28.2 Å². The molecule has 2 aromatic carbocycles. The second-order valence-electron chi connectivity index (χ2n) is 6.90. The minimum atomic E-state index is 0.384. The monoisotopic (exact) mass is 357 g/mol. The molecule has 27 heavy (non-hydrogen) atoms. The summed E-state index contributed by atoms with van der Waals surface area (Å²) in [5, 5.41) is 10.6. The molecule has 0 bridgehead atoms. The van der Waals surface area contributed by atoms with Gasteiger partial charge in [0, 0.05) is 17.8 Å². The number of aromatic nitrogens is 4. The molecule has 2 heterocycles. The zero-order chi connectivity index (χ0) is 19.0. The van der Waals surface area contributed by atoms with Crippen LogP contribution >= 0.6 is 0 Å². The van der Waals surface area contributed by atoms with Gasteiger partial charge in [-0.3, -0.25) is 5.10 Å². The molecule has 0 aliphatic carbocycles. The number of H-pyrrole nitrogens is 2. The molecule has 0 spiro atoms. The predicted octanol–water partition coefficient (Wildman–Crippen LogP) is 5.72. The molecule has 4 rings (SSSR count). The predicted molar refractivity (Wildman–Crippen MR) is 110 cm³/mol. The number of rotatable bonds is 4. The summed E-state index contributed by atoms with van der Waals surface area (Å²) in [6.07, 6.45) is 0. The van der Waals surface area contributed by atoms with Crippen molar-refractivity contribution in [2.45, 2.75) is 26.7 Å². The molecule has 3 N–H and O–H groups in total. The summed E-state index contributed by atoms with van der Waals surface area (Å²) in [4.78, 5) is 11.7. The van der Waals surface area contributed by atoms with Gasteiger partial charge in [-0.25, -0.2) is 4.98 Å². The maximum absolute atomic E-state index is 5.64. The van der Waals surface area contributed by atoms with Gasteiger partial charge in [0.1, 0.15) is 11.5 Å². The summed E-state index contributed by atoms with van der Waals surface area (Å²) in [5.41, 5.74) is 6.62. The number of hydrogen-bond acceptors (Lipinski definition) is 3. The number of imidazole rings is 1. The zero-order valence-corrected chi connectivity index (χ0v) is 15.5. The lowest BCUT2D eigenvalue weighted by molar-refractivity contribution is 0.811. The van der Waals surface area contributed by atoms with E-state index in [0.29, 0.717) is 11.6 Å². The van der Waals surface area contributed by atoms with E-state index in [1.807, 2.05) is 43.3 Å². The van der Waals surface area contributed by atoms with Crippen molar-refractivity contribution in [1.82, 2.24) is 20.2 Å². The molecule has 0 amide bonds. The fourth-order valence-corrected chi connectivity index (χ4v) is 3.07. The van der Waals surface area contributed by atoms with Crippen molar-refractivity contribution in [2.24, 2.45) is 0 Å². The maximum Gasteiger partial charge on any atom is 0.363 e. The number of nitrogens with one attached hydrogen (secondary N) is 3. The molecule has 0 aliphatic rings. The Balaban J connectivity index is 1.66. The highest BCUT2D eigenvalue weighted by atomic mass is 15.2. The molecule has 0 radical (unpaired) electrons. The second-order valence-corrected chi connectivity index (χ2v) is 6.90. The second kappa shape index (κ2) is 6.61. The Morgan fingerprint density at radius 3 is 2.59 bits per heavy atom. The zero-order valence-electron chi connectivity index (χ0n) is 15.5. The van der Waals surface area contributed by atoms with Gasteiger partial charge in [0.15, 0.2) is 5.82 Å². The highest BCUT2D eigenvalue weighted by molar-refractivity contribution is 5.85. The van der Waals surface area contributed by atoms with E-state index in [4.69, 9.17) is 6.57 Å². The van der Waals surface area contributed by atoms with E-state index >= 15 is 0 Å². The molecule has 0 saturated carbocycles. The van der Waals surface area contributed by atoms with Crippen molar-refractivity contribution in [1.29, 1.82) is 0 Å². The van der Waals surface area contributed by atoms with E-state index in [0.717, 1.165) is 45.2 Å². The van der Waals surface area contributed by atoms with E-state index in [1.54, 1.807) is 0 Å². The van der Waals surface area contributed by atoms with Crippen molar-refractivity contribution in [3.8, 4) is 17.7 Å². The molecule has 0 atom stereocenters. The minimum Gasteiger partial charge on any atom is -0.342 e. The Bertz CT molecular complexity index is 1160. The highest BCUT2D eigenvalue weighted by Crippen LogP contribution is 2.34. The Kier molecular flexibility index (Phi) is 4.13. The third kappa shape index (κ3) is 3.27. The van der Waals surface area contributed by atoms with Gasteiger partial charge in [-0.2, -0.15) is 5.10 Å². The number of anilines is 2. The van der Waals surface area contributed by atoms with Gasteiger partial charge in [0.05, 0.1) is 11.0 Å². The average Bonchev–Trinajstić information content (AvgIpc) is 3.27. The number of benzene rings is 2. The fourth-order valence-electron chi connectivity index (χ4n) is 3.07. The van der Waals surface area contributed by atoms with Crippen molar-refractivity contribution in [2.75, 3.05) is 5.32 Å². The SMILES string of the molecule is C#[N+]c1cc(-c2ccc3nc(C)[nH]c3c2)ccc1Nc1cc(C(C)C)[nH]n1. The van der Waals surface area contributed by atoms with Gasteiger partial charge >= 0.3 is 5.69 Å². The number of fused-ring (bicyclic) bond motifs is 1. The molecule has 0 aliphatic heterocycles. The Labute approximate surface area is 157 Å². The Morgan fingerprint density at radius 1 is 1.07 bits per heavy atom. The third-order valence-corrected chi connectivity index (χ3v) is 4.55. The van der Waals surface area contributed by atoms with Gasteiger partial charge < -0.3 is 10.3 Å². The molecule has 4 aromatic rings. The molecular weight excluding hydrogens is 336 g/mol. The minimum absolute atomic E-state index is 0.384. The summed E-state index contributed by atoms with van der Waals surface area (Å²) in [7, 11) is 0. The molecule has 0 saturated heterocycles. The first-order chi connectivity index (χ1) is 13.0. The lowest BCUT2D eigenvalue weighted by atomic mass is 10.0. The lowest BCUT2D eigenvalue weighted by Crippen LogP contribution is -1.91. The first-order valence-electron chi connectivity index (χ1n) is 8.87. The summed E-state index contributed by atoms with van der Waals surface area (Å²) >= 11 is 0. The molecule has 134 valence electrons. The molecule has 6 nitrogen and oxygen atoms in total. The van der Waals surface area contributed by atoms with Crippen LogP contribution in [0.4, 0.5) is 17.2 Å². The van der Waals surface area contributed by atoms with E-state index < -0.39 is 0 Å². The first kappa shape index (κ1) is 16.9. The van der Waals surface area contributed by atoms with Crippen LogP contribution in [0.15, 0.2) is 42.5 Å². The highest BCUT2D eigenvalue weighted by Gasteiger charge is 2.15. The van der Waals surface area contributed by atoms with Crippen LogP contribution in [0, 0.1) is 13.5 Å². The van der Waals surface area contributed by atoms with Crippen LogP contribution in [-0.4, -0.2) is 20.2 Å². The standard InChI is InChI=1S/C21H21N6/c1-12(2)18-11-21(27-26-18)25-16-7-5-14(9-19(16)22-4)15-6-8-17-20(10-15)24-13(3)23-17/h4-12H,1-3H3,(H,23,24)(H2,25,26,27)/q+1. The largest absolute Gasteiger partial charge is 0.363 e. The Hall–Kier alpha value is -3.59. The number of nitrogens with zero attached hydrogens (tertiary/aromatic N) is 3. The first-order valence-corrected chi connectivity index (χ1v) is 8.87. The normalized spacial score (nSPS) is 11.1. The topological polar surface area (TPSA) is 73.8 Å². The summed E-state index contributed by atoms with van der Waals surface area (Å²) < 4.78 is 0. The summed E-state index contributed by atoms with van der Waals surface area (Å²) in [6.45, 7) is 11.8. The van der Waals surface area contributed by atoms with Crippen LogP contribution in [0.5, 0.6) is 0 Å². The van der Waals surface area contributed by atoms with E-state index in [2.05, 4.69) is 50.2 Å². The quantitative estimate of drug-likeness (QED) is 0.437. The van der Waals surface area contributed by atoms with Crippen molar-refractivity contribution in [3.05, 3.63) is 58.8 Å². The average molecular weight is 357 g/mol. The van der Waals surface area contributed by atoms with E-state index in [9.17, 15) is 0 Å². The smallest absolute Gasteiger partial charge is 0.342 e. The van der Waals surface area contributed by atoms with Crippen LogP contribution in [0.1, 0.15) is 31.3 Å². The molecule has 0 fully saturated rings.